The van der Waals surface area contributed by atoms with E-state index in [0.29, 0.717) is 12.3 Å². The molecular formula is C28H29N5O3S. The lowest BCUT2D eigenvalue weighted by Gasteiger charge is -2.16. The average Bonchev–Trinajstić information content (AvgIpc) is 3.51. The van der Waals surface area contributed by atoms with Gasteiger partial charge in [0.15, 0.2) is 0 Å². The Morgan fingerprint density at radius 2 is 2.11 bits per heavy atom. The number of thiazole rings is 1. The Kier molecular flexibility index (Phi) is 7.32. The summed E-state index contributed by atoms with van der Waals surface area (Å²) in [5, 5.41) is 18.3. The van der Waals surface area contributed by atoms with E-state index in [1.165, 1.54) is 22.5 Å². The number of pyridine rings is 1. The number of carboxylic acid groups (broad SMARTS) is 1. The second-order valence-electron chi connectivity index (χ2n) is 9.23. The summed E-state index contributed by atoms with van der Waals surface area (Å²) in [4.78, 5) is 21.8. The van der Waals surface area contributed by atoms with Crippen LogP contribution in [0.1, 0.15) is 46.2 Å². The zero-order valence-corrected chi connectivity index (χ0v) is 21.7. The average molecular weight is 516 g/mol. The zero-order chi connectivity index (χ0) is 25.8. The number of anilines is 1. The van der Waals surface area contributed by atoms with Gasteiger partial charge in [-0.3, -0.25) is 4.79 Å². The molecule has 0 spiro atoms. The van der Waals surface area contributed by atoms with E-state index in [1.807, 2.05) is 56.4 Å². The first-order valence-corrected chi connectivity index (χ1v) is 13.1. The van der Waals surface area contributed by atoms with Crippen LogP contribution in [0.2, 0.25) is 0 Å². The van der Waals surface area contributed by atoms with Gasteiger partial charge in [-0.2, -0.15) is 5.10 Å². The zero-order valence-electron chi connectivity index (χ0n) is 20.8. The number of rotatable bonds is 9. The number of hydrogen-bond acceptors (Lipinski definition) is 7. The van der Waals surface area contributed by atoms with Gasteiger partial charge in [0.25, 0.3) is 0 Å². The maximum atomic E-state index is 11.6. The van der Waals surface area contributed by atoms with E-state index >= 15 is 0 Å². The van der Waals surface area contributed by atoms with Gasteiger partial charge in [-0.15, -0.1) is 11.3 Å². The molecule has 0 aliphatic carbocycles. The first-order chi connectivity index (χ1) is 17.9. The van der Waals surface area contributed by atoms with Crippen LogP contribution >= 0.6 is 11.3 Å². The molecule has 0 saturated carbocycles. The highest BCUT2D eigenvalue weighted by Crippen LogP contribution is 2.34. The van der Waals surface area contributed by atoms with Crippen LogP contribution < -0.4 is 10.1 Å². The molecular weight excluding hydrogens is 486 g/mol. The smallest absolute Gasteiger partial charge is 0.304 e. The Balaban J connectivity index is 1.28. The number of aryl methyl sites for hydroxylation is 3. The van der Waals surface area contributed by atoms with Crippen LogP contribution in [-0.2, 0) is 24.7 Å². The molecule has 5 rings (SSSR count). The molecule has 0 saturated heterocycles. The summed E-state index contributed by atoms with van der Waals surface area (Å²) < 4.78 is 7.50. The van der Waals surface area contributed by atoms with Gasteiger partial charge in [0.1, 0.15) is 10.8 Å². The number of carboxylic acids is 1. The van der Waals surface area contributed by atoms with Crippen molar-refractivity contribution < 1.29 is 14.6 Å². The Hall–Kier alpha value is -3.98. The molecule has 8 nitrogen and oxygen atoms in total. The van der Waals surface area contributed by atoms with Crippen molar-refractivity contribution in [3.63, 3.8) is 0 Å². The van der Waals surface area contributed by atoms with Gasteiger partial charge in [-0.25, -0.2) is 14.6 Å². The minimum atomic E-state index is -0.849. The Morgan fingerprint density at radius 1 is 1.27 bits per heavy atom. The third-order valence-corrected chi connectivity index (χ3v) is 7.54. The third kappa shape index (κ3) is 6.06. The Bertz CT molecular complexity index is 1420. The van der Waals surface area contributed by atoms with E-state index in [4.69, 9.17) is 4.74 Å². The van der Waals surface area contributed by atoms with Crippen LogP contribution in [0.25, 0.3) is 16.6 Å². The largest absolute Gasteiger partial charge is 0.481 e. The number of fused-ring (bicyclic) bond motifs is 1. The first kappa shape index (κ1) is 24.7. The highest BCUT2D eigenvalue weighted by Gasteiger charge is 2.22. The number of ether oxygens (including phenoxy) is 1. The van der Waals surface area contributed by atoms with E-state index < -0.39 is 5.97 Å². The topological polar surface area (TPSA) is 102 Å². The van der Waals surface area contributed by atoms with Crippen molar-refractivity contribution >= 4 is 29.2 Å². The SMILES string of the molecule is Cc1ccc(-c2ncc(C(CC(=O)O)Cc3cc(O/C=C/c4ccc5c(n4)NCCC5)n(C)n3)s2)cc1. The fraction of sp³-hybridized carbons (Fsp3) is 0.286. The molecule has 9 heteroatoms. The quantitative estimate of drug-likeness (QED) is 0.286. The number of aliphatic carboxylic acids is 1. The van der Waals surface area contributed by atoms with Crippen molar-refractivity contribution in [3.05, 3.63) is 82.3 Å². The molecule has 190 valence electrons. The second-order valence-corrected chi connectivity index (χ2v) is 10.3. The predicted molar refractivity (Wildman–Crippen MR) is 145 cm³/mol. The van der Waals surface area contributed by atoms with Gasteiger partial charge < -0.3 is 15.2 Å². The van der Waals surface area contributed by atoms with E-state index in [0.717, 1.165) is 52.0 Å². The van der Waals surface area contributed by atoms with E-state index in [1.54, 1.807) is 17.1 Å². The summed E-state index contributed by atoms with van der Waals surface area (Å²) in [6.07, 6.45) is 7.86. The number of nitrogens with zero attached hydrogens (tertiary/aromatic N) is 4. The molecule has 1 aliphatic heterocycles. The predicted octanol–water partition coefficient (Wildman–Crippen LogP) is 5.46. The molecule has 0 amide bonds. The standard InChI is InChI=1S/C28H29N5O3S/c1-18-5-7-20(8-6-18)28-30-17-24(37-28)21(15-26(34)35)14-23-16-25(33(2)32-23)36-13-11-22-10-9-19-4-3-12-29-27(19)31-22/h5-11,13,16-17,21H,3-4,12,14-15H2,1-2H3,(H,29,31)(H,34,35)/b13-11+. The van der Waals surface area contributed by atoms with E-state index in [9.17, 15) is 9.90 Å². The van der Waals surface area contributed by atoms with Crippen molar-refractivity contribution in [1.82, 2.24) is 19.7 Å². The summed E-state index contributed by atoms with van der Waals surface area (Å²) in [6.45, 7) is 2.99. The fourth-order valence-corrected chi connectivity index (χ4v) is 5.39. The fourth-order valence-electron chi connectivity index (χ4n) is 4.37. The van der Waals surface area contributed by atoms with Crippen LogP contribution in [0.3, 0.4) is 0 Å². The molecule has 0 radical (unpaired) electrons. The molecule has 1 aliphatic rings. The highest BCUT2D eigenvalue weighted by molar-refractivity contribution is 7.15. The molecule has 1 atom stereocenters. The molecule has 4 heterocycles. The van der Waals surface area contributed by atoms with Gasteiger partial charge in [-0.05, 0) is 43.9 Å². The van der Waals surface area contributed by atoms with Crippen molar-refractivity contribution in [1.29, 1.82) is 0 Å². The van der Waals surface area contributed by atoms with Gasteiger partial charge >= 0.3 is 5.97 Å². The second kappa shape index (κ2) is 11.0. The molecule has 1 unspecified atom stereocenters. The normalized spacial score (nSPS) is 13.8. The van der Waals surface area contributed by atoms with Gasteiger partial charge in [0.2, 0.25) is 5.88 Å². The Labute approximate surface area is 219 Å². The number of hydrogen-bond donors (Lipinski definition) is 2. The van der Waals surface area contributed by atoms with Crippen LogP contribution in [0.4, 0.5) is 5.82 Å². The monoisotopic (exact) mass is 515 g/mol. The van der Waals surface area contributed by atoms with Crippen molar-refractivity contribution in [2.24, 2.45) is 7.05 Å². The van der Waals surface area contributed by atoms with Gasteiger partial charge in [-0.1, -0.05) is 35.9 Å². The van der Waals surface area contributed by atoms with Gasteiger partial charge in [0, 0.05) is 42.2 Å². The van der Waals surface area contributed by atoms with Crippen LogP contribution in [-0.4, -0.2) is 37.4 Å². The van der Waals surface area contributed by atoms with Crippen LogP contribution in [0.5, 0.6) is 5.88 Å². The first-order valence-electron chi connectivity index (χ1n) is 12.3. The number of nitrogens with one attached hydrogen (secondary N) is 1. The van der Waals surface area contributed by atoms with E-state index in [-0.39, 0.29) is 12.3 Å². The lowest BCUT2D eigenvalue weighted by atomic mass is 9.98. The number of carbonyl (C=O) groups is 1. The third-order valence-electron chi connectivity index (χ3n) is 6.33. The van der Waals surface area contributed by atoms with Crippen molar-refractivity contribution in [3.8, 4) is 16.5 Å². The summed E-state index contributed by atoms with van der Waals surface area (Å²) in [5.41, 5.74) is 5.03. The molecule has 37 heavy (non-hydrogen) atoms. The number of benzene rings is 1. The lowest BCUT2D eigenvalue weighted by molar-refractivity contribution is -0.137. The summed E-state index contributed by atoms with van der Waals surface area (Å²) in [5.74, 6) is 0.424. The van der Waals surface area contributed by atoms with E-state index in [2.05, 4.69) is 26.4 Å². The highest BCUT2D eigenvalue weighted by atomic mass is 32.1. The Morgan fingerprint density at radius 3 is 2.92 bits per heavy atom. The minimum Gasteiger partial charge on any atom is -0.481 e. The van der Waals surface area contributed by atoms with Crippen molar-refractivity contribution in [2.45, 2.75) is 38.5 Å². The molecule has 4 aromatic rings. The maximum Gasteiger partial charge on any atom is 0.304 e. The van der Waals surface area contributed by atoms with Crippen LogP contribution in [0.15, 0.2) is 54.9 Å². The lowest BCUT2D eigenvalue weighted by Crippen LogP contribution is -2.13. The maximum absolute atomic E-state index is 11.6. The molecule has 0 fully saturated rings. The molecule has 3 aromatic heterocycles. The minimum absolute atomic E-state index is 0.000230. The molecule has 2 N–H and O–H groups in total. The molecule has 0 bridgehead atoms. The summed E-state index contributed by atoms with van der Waals surface area (Å²) in [6, 6.07) is 14.1. The molecule has 1 aromatic carbocycles. The van der Waals surface area contributed by atoms with Crippen molar-refractivity contribution in [2.75, 3.05) is 11.9 Å². The summed E-state index contributed by atoms with van der Waals surface area (Å²) >= 11 is 1.53. The van der Waals surface area contributed by atoms with Crippen LogP contribution in [0, 0.1) is 6.92 Å². The van der Waals surface area contributed by atoms with Gasteiger partial charge in [0.05, 0.1) is 24.1 Å². The number of aromatic nitrogens is 4. The summed E-state index contributed by atoms with van der Waals surface area (Å²) in [7, 11) is 1.81.